The number of aryl methyl sites for hydroxylation is 1. The molecule has 0 aliphatic rings. The van der Waals surface area contributed by atoms with Crippen LogP contribution in [0.4, 0.5) is 0 Å². The molecule has 1 aromatic heterocycles. The molecule has 0 atom stereocenters. The normalized spacial score (nSPS) is 10.5. The van der Waals surface area contributed by atoms with Crippen LogP contribution in [0.2, 0.25) is 19.6 Å². The molecule has 1 rings (SSSR count). The van der Waals surface area contributed by atoms with Crippen LogP contribution in [0.1, 0.15) is 11.3 Å². The summed E-state index contributed by atoms with van der Waals surface area (Å²) >= 11 is 0. The third kappa shape index (κ3) is 3.91. The molecule has 0 bridgehead atoms. The minimum absolute atomic E-state index is 0.891. The predicted octanol–water partition coefficient (Wildman–Crippen LogP) is 2.62. The molecule has 1 heterocycles. The Morgan fingerprint density at radius 3 is 2.54 bits per heavy atom. The first-order valence-corrected chi connectivity index (χ1v) is 7.93. The molecule has 1 nitrogen and oxygen atoms in total. The summed E-state index contributed by atoms with van der Waals surface area (Å²) in [6.45, 7) is 8.75. The summed E-state index contributed by atoms with van der Waals surface area (Å²) in [5, 5.41) is 0. The summed E-state index contributed by atoms with van der Waals surface area (Å²) in [5.41, 5.74) is 5.40. The second kappa shape index (κ2) is 3.76. The zero-order valence-corrected chi connectivity index (χ0v) is 9.68. The van der Waals surface area contributed by atoms with Gasteiger partial charge in [0.2, 0.25) is 0 Å². The van der Waals surface area contributed by atoms with Crippen molar-refractivity contribution in [1.29, 1.82) is 0 Å². The van der Waals surface area contributed by atoms with E-state index >= 15 is 0 Å². The second-order valence-electron chi connectivity index (χ2n) is 4.22. The van der Waals surface area contributed by atoms with Crippen molar-refractivity contribution in [3.8, 4) is 11.5 Å². The van der Waals surface area contributed by atoms with Crippen molar-refractivity contribution in [2.45, 2.75) is 26.6 Å². The van der Waals surface area contributed by atoms with Gasteiger partial charge in [-0.2, -0.15) is 0 Å². The number of rotatable bonds is 0. The highest BCUT2D eigenvalue weighted by Gasteiger charge is 2.07. The van der Waals surface area contributed by atoms with Gasteiger partial charge in [0, 0.05) is 6.20 Å². The molecule has 0 saturated carbocycles. The van der Waals surface area contributed by atoms with E-state index in [9.17, 15) is 0 Å². The van der Waals surface area contributed by atoms with Crippen molar-refractivity contribution in [1.82, 2.24) is 4.98 Å². The Balaban J connectivity index is 2.90. The molecule has 0 amide bonds. The number of hydrogen-bond acceptors (Lipinski definition) is 1. The minimum Gasteiger partial charge on any atom is -0.248 e. The molecular weight excluding hydrogens is 174 g/mol. The van der Waals surface area contributed by atoms with Crippen molar-refractivity contribution < 1.29 is 0 Å². The quantitative estimate of drug-likeness (QED) is 0.451. The summed E-state index contributed by atoms with van der Waals surface area (Å²) in [6.07, 6.45) is 1.81. The molecule has 0 unspecified atom stereocenters. The zero-order chi connectivity index (χ0) is 9.90. The van der Waals surface area contributed by atoms with Crippen LogP contribution in [-0.4, -0.2) is 13.1 Å². The molecule has 68 valence electrons. The van der Waals surface area contributed by atoms with Gasteiger partial charge in [-0.25, -0.2) is 4.98 Å². The van der Waals surface area contributed by atoms with Crippen LogP contribution >= 0.6 is 0 Å². The zero-order valence-electron chi connectivity index (χ0n) is 8.68. The maximum atomic E-state index is 4.19. The highest BCUT2D eigenvalue weighted by molar-refractivity contribution is 6.83. The topological polar surface area (TPSA) is 12.9 Å². The van der Waals surface area contributed by atoms with E-state index in [0.717, 1.165) is 5.69 Å². The Labute approximate surface area is 81.2 Å². The van der Waals surface area contributed by atoms with Crippen LogP contribution in [0.5, 0.6) is 0 Å². The van der Waals surface area contributed by atoms with E-state index in [1.807, 2.05) is 18.3 Å². The molecule has 0 fully saturated rings. The fraction of sp³-hybridized carbons (Fsp3) is 0.364. The van der Waals surface area contributed by atoms with Crippen LogP contribution in [0, 0.1) is 18.4 Å². The van der Waals surface area contributed by atoms with Gasteiger partial charge in [0.15, 0.2) is 0 Å². The Morgan fingerprint density at radius 2 is 2.00 bits per heavy atom. The molecule has 0 saturated heterocycles. The molecular formula is C11H15NSi. The van der Waals surface area contributed by atoms with Gasteiger partial charge in [-0.3, -0.25) is 0 Å². The van der Waals surface area contributed by atoms with E-state index < -0.39 is 8.07 Å². The van der Waals surface area contributed by atoms with E-state index in [4.69, 9.17) is 0 Å². The average molecular weight is 189 g/mol. The predicted molar refractivity (Wildman–Crippen MR) is 59.2 cm³/mol. The molecule has 0 aliphatic heterocycles. The van der Waals surface area contributed by atoms with Crippen LogP contribution in [0.15, 0.2) is 18.3 Å². The van der Waals surface area contributed by atoms with Crippen LogP contribution in [0.25, 0.3) is 0 Å². The number of nitrogens with zero attached hydrogens (tertiary/aromatic N) is 1. The van der Waals surface area contributed by atoms with Crippen molar-refractivity contribution in [2.75, 3.05) is 0 Å². The molecule has 0 aromatic carbocycles. The van der Waals surface area contributed by atoms with Crippen molar-refractivity contribution in [3.63, 3.8) is 0 Å². The van der Waals surface area contributed by atoms with Crippen molar-refractivity contribution >= 4 is 8.07 Å². The van der Waals surface area contributed by atoms with E-state index in [1.54, 1.807) is 0 Å². The molecule has 1 aromatic rings. The summed E-state index contributed by atoms with van der Waals surface area (Å²) in [4.78, 5) is 4.19. The van der Waals surface area contributed by atoms with Crippen LogP contribution < -0.4 is 0 Å². The number of aromatic nitrogens is 1. The first-order chi connectivity index (χ1) is 5.97. The molecule has 13 heavy (non-hydrogen) atoms. The largest absolute Gasteiger partial charge is 0.248 e. The Kier molecular flexibility index (Phi) is 2.89. The van der Waals surface area contributed by atoms with Gasteiger partial charge >= 0.3 is 0 Å². The maximum absolute atomic E-state index is 4.19. The first kappa shape index (κ1) is 10.0. The highest BCUT2D eigenvalue weighted by atomic mass is 28.3. The molecule has 0 spiro atoms. The summed E-state index contributed by atoms with van der Waals surface area (Å²) in [7, 11) is -1.26. The lowest BCUT2D eigenvalue weighted by atomic mass is 10.2. The number of pyridine rings is 1. The van der Waals surface area contributed by atoms with Gasteiger partial charge in [-0.15, -0.1) is 5.54 Å². The fourth-order valence-electron chi connectivity index (χ4n) is 0.856. The Bertz CT molecular complexity index is 352. The summed E-state index contributed by atoms with van der Waals surface area (Å²) in [6, 6.07) is 4.01. The van der Waals surface area contributed by atoms with Crippen molar-refractivity contribution in [2.24, 2.45) is 0 Å². The fourth-order valence-corrected chi connectivity index (χ4v) is 1.36. The van der Waals surface area contributed by atoms with Gasteiger partial charge < -0.3 is 0 Å². The molecule has 0 radical (unpaired) electrons. The standard InChI is InChI=1S/C11H15NSi/c1-10-5-7-12-11(9-10)6-8-13(2,3)4/h5,7,9H,1-4H3. The molecule has 2 heteroatoms. The average Bonchev–Trinajstić information content (AvgIpc) is 2.00. The SMILES string of the molecule is Cc1ccnc(C#C[Si](C)(C)C)c1. The minimum atomic E-state index is -1.26. The second-order valence-corrected chi connectivity index (χ2v) is 8.97. The summed E-state index contributed by atoms with van der Waals surface area (Å²) < 4.78 is 0. The van der Waals surface area contributed by atoms with Crippen molar-refractivity contribution in [3.05, 3.63) is 29.6 Å². The molecule has 0 aliphatic carbocycles. The van der Waals surface area contributed by atoms with Crippen LogP contribution in [0.3, 0.4) is 0 Å². The van der Waals surface area contributed by atoms with E-state index in [1.165, 1.54) is 5.56 Å². The third-order valence-electron chi connectivity index (χ3n) is 1.48. The van der Waals surface area contributed by atoms with E-state index in [0.29, 0.717) is 0 Å². The maximum Gasteiger partial charge on any atom is 0.129 e. The van der Waals surface area contributed by atoms with Gasteiger partial charge in [0.05, 0.1) is 0 Å². The number of hydrogen-bond donors (Lipinski definition) is 0. The lowest BCUT2D eigenvalue weighted by Gasteiger charge is -2.03. The monoisotopic (exact) mass is 189 g/mol. The Hall–Kier alpha value is -1.07. The molecule has 0 N–H and O–H groups in total. The van der Waals surface area contributed by atoms with E-state index in [2.05, 4.69) is 43.0 Å². The third-order valence-corrected chi connectivity index (χ3v) is 2.36. The van der Waals surface area contributed by atoms with Gasteiger partial charge in [0.25, 0.3) is 0 Å². The van der Waals surface area contributed by atoms with Gasteiger partial charge in [0.1, 0.15) is 13.8 Å². The summed E-state index contributed by atoms with van der Waals surface area (Å²) in [5.74, 6) is 3.13. The van der Waals surface area contributed by atoms with E-state index in [-0.39, 0.29) is 0 Å². The first-order valence-electron chi connectivity index (χ1n) is 4.43. The van der Waals surface area contributed by atoms with Gasteiger partial charge in [-0.1, -0.05) is 25.6 Å². The lowest BCUT2D eigenvalue weighted by molar-refractivity contribution is 1.25. The highest BCUT2D eigenvalue weighted by Crippen LogP contribution is 2.00. The lowest BCUT2D eigenvalue weighted by Crippen LogP contribution is -2.16. The van der Waals surface area contributed by atoms with Gasteiger partial charge in [-0.05, 0) is 24.6 Å². The Morgan fingerprint density at radius 1 is 1.31 bits per heavy atom. The smallest absolute Gasteiger partial charge is 0.129 e. The van der Waals surface area contributed by atoms with Crippen LogP contribution in [-0.2, 0) is 0 Å².